The van der Waals surface area contributed by atoms with Gasteiger partial charge < -0.3 is 20.1 Å². The standard InChI is InChI=1S/C11H15F3N2O4/c12-11(13,14)8-1-4-16(5-2-8)10(19)15-3-6-20-7-9(17)18/h1H,2-7H2,(H,15,19)(H,17,18). The summed E-state index contributed by atoms with van der Waals surface area (Å²) in [6, 6.07) is -0.499. The van der Waals surface area contributed by atoms with Crippen LogP contribution in [0.25, 0.3) is 0 Å². The molecule has 20 heavy (non-hydrogen) atoms. The maximum atomic E-state index is 12.4. The van der Waals surface area contributed by atoms with Crippen LogP contribution in [-0.4, -0.2) is 61.0 Å². The second-order valence-corrected chi connectivity index (χ2v) is 4.10. The first kappa shape index (κ1) is 16.3. The molecular weight excluding hydrogens is 281 g/mol. The number of halogens is 3. The van der Waals surface area contributed by atoms with E-state index in [0.29, 0.717) is 0 Å². The average Bonchev–Trinajstić information content (AvgIpc) is 2.37. The molecule has 0 atom stereocenters. The fourth-order valence-corrected chi connectivity index (χ4v) is 1.61. The molecule has 0 saturated carbocycles. The number of hydrogen-bond donors (Lipinski definition) is 2. The molecule has 0 aromatic carbocycles. The minimum atomic E-state index is -4.34. The number of carboxylic acid groups (broad SMARTS) is 1. The number of carboxylic acids is 1. The summed E-state index contributed by atoms with van der Waals surface area (Å²) in [5.41, 5.74) is -0.619. The van der Waals surface area contributed by atoms with Crippen LogP contribution in [0.5, 0.6) is 0 Å². The predicted molar refractivity (Wildman–Crippen MR) is 62.2 cm³/mol. The lowest BCUT2D eigenvalue weighted by molar-refractivity contribution is -0.142. The van der Waals surface area contributed by atoms with Gasteiger partial charge in [-0.25, -0.2) is 9.59 Å². The zero-order chi connectivity index (χ0) is 15.2. The fourth-order valence-electron chi connectivity index (χ4n) is 1.61. The third-order valence-corrected chi connectivity index (χ3v) is 2.61. The van der Waals surface area contributed by atoms with Gasteiger partial charge in [-0.05, 0) is 6.42 Å². The molecule has 0 saturated heterocycles. The summed E-state index contributed by atoms with van der Waals surface area (Å²) in [6.45, 7) is -0.449. The summed E-state index contributed by atoms with van der Waals surface area (Å²) >= 11 is 0. The highest BCUT2D eigenvalue weighted by atomic mass is 19.4. The van der Waals surface area contributed by atoms with E-state index in [1.165, 1.54) is 4.90 Å². The summed E-state index contributed by atoms with van der Waals surface area (Å²) in [4.78, 5) is 23.0. The number of carbonyl (C=O) groups is 2. The normalized spacial score (nSPS) is 15.8. The Hall–Kier alpha value is -1.77. The maximum absolute atomic E-state index is 12.4. The number of ether oxygens (including phenoxy) is 1. The van der Waals surface area contributed by atoms with Crippen molar-refractivity contribution in [3.8, 4) is 0 Å². The van der Waals surface area contributed by atoms with Crippen LogP contribution in [0.3, 0.4) is 0 Å². The number of nitrogens with one attached hydrogen (secondary N) is 1. The zero-order valence-electron chi connectivity index (χ0n) is 10.6. The molecule has 0 radical (unpaired) electrons. The van der Waals surface area contributed by atoms with Crippen LogP contribution >= 0.6 is 0 Å². The molecule has 6 nitrogen and oxygen atoms in total. The molecule has 0 aliphatic carbocycles. The minimum absolute atomic E-state index is 0.00679. The lowest BCUT2D eigenvalue weighted by Gasteiger charge is -2.27. The van der Waals surface area contributed by atoms with E-state index in [-0.39, 0.29) is 32.7 Å². The molecule has 0 unspecified atom stereocenters. The van der Waals surface area contributed by atoms with Gasteiger partial charge in [0.25, 0.3) is 0 Å². The highest BCUT2D eigenvalue weighted by Gasteiger charge is 2.35. The van der Waals surface area contributed by atoms with Gasteiger partial charge in [0.15, 0.2) is 0 Å². The SMILES string of the molecule is O=C(O)COCCNC(=O)N1CC=C(C(F)(F)F)CC1. The van der Waals surface area contributed by atoms with Crippen LogP contribution in [0, 0.1) is 0 Å². The Morgan fingerprint density at radius 2 is 2.15 bits per heavy atom. The number of rotatable bonds is 5. The molecule has 1 aliphatic heterocycles. The number of alkyl halides is 3. The molecule has 2 amide bonds. The van der Waals surface area contributed by atoms with Gasteiger partial charge in [-0.3, -0.25) is 0 Å². The van der Waals surface area contributed by atoms with Gasteiger partial charge in [0.2, 0.25) is 0 Å². The van der Waals surface area contributed by atoms with Crippen molar-refractivity contribution in [1.29, 1.82) is 0 Å². The topological polar surface area (TPSA) is 78.9 Å². The summed E-state index contributed by atoms with van der Waals surface area (Å²) < 4.78 is 41.8. The van der Waals surface area contributed by atoms with Gasteiger partial charge in [-0.1, -0.05) is 6.08 Å². The first-order valence-corrected chi connectivity index (χ1v) is 5.89. The van der Waals surface area contributed by atoms with Gasteiger partial charge in [-0.15, -0.1) is 0 Å². The molecule has 1 heterocycles. The van der Waals surface area contributed by atoms with Gasteiger partial charge in [0, 0.05) is 25.2 Å². The molecular formula is C11H15F3N2O4. The Balaban J connectivity index is 2.26. The molecule has 9 heteroatoms. The second kappa shape index (κ2) is 7.13. The Kier molecular flexibility index (Phi) is 5.81. The minimum Gasteiger partial charge on any atom is -0.480 e. The van der Waals surface area contributed by atoms with Crippen molar-refractivity contribution < 1.29 is 32.6 Å². The lowest BCUT2D eigenvalue weighted by atomic mass is 10.1. The average molecular weight is 296 g/mol. The zero-order valence-corrected chi connectivity index (χ0v) is 10.6. The van der Waals surface area contributed by atoms with Crippen LogP contribution in [0.4, 0.5) is 18.0 Å². The first-order valence-electron chi connectivity index (χ1n) is 5.89. The molecule has 0 aromatic heterocycles. The predicted octanol–water partition coefficient (Wildman–Crippen LogP) is 0.992. The second-order valence-electron chi connectivity index (χ2n) is 4.10. The molecule has 0 aromatic rings. The number of urea groups is 1. The number of aliphatic carboxylic acids is 1. The van der Waals surface area contributed by atoms with E-state index in [1.54, 1.807) is 0 Å². The van der Waals surface area contributed by atoms with Crippen LogP contribution < -0.4 is 5.32 Å². The molecule has 1 rings (SSSR count). The number of amides is 2. The number of hydrogen-bond acceptors (Lipinski definition) is 3. The van der Waals surface area contributed by atoms with Crippen molar-refractivity contribution in [2.45, 2.75) is 12.6 Å². The van der Waals surface area contributed by atoms with E-state index in [4.69, 9.17) is 9.84 Å². The molecule has 0 bridgehead atoms. The van der Waals surface area contributed by atoms with Gasteiger partial charge >= 0.3 is 18.2 Å². The Morgan fingerprint density at radius 3 is 2.65 bits per heavy atom. The fraction of sp³-hybridized carbons (Fsp3) is 0.636. The summed E-state index contributed by atoms with van der Waals surface area (Å²) in [5, 5.41) is 10.7. The highest BCUT2D eigenvalue weighted by Crippen LogP contribution is 2.29. The van der Waals surface area contributed by atoms with Gasteiger partial charge in [0.1, 0.15) is 6.61 Å². The van der Waals surface area contributed by atoms with Crippen LogP contribution in [0.1, 0.15) is 6.42 Å². The summed E-state index contributed by atoms with van der Waals surface area (Å²) in [5.74, 6) is -1.11. The van der Waals surface area contributed by atoms with Crippen molar-refractivity contribution in [1.82, 2.24) is 10.2 Å². The van der Waals surface area contributed by atoms with Gasteiger partial charge in [0.05, 0.1) is 6.61 Å². The van der Waals surface area contributed by atoms with Crippen molar-refractivity contribution in [3.63, 3.8) is 0 Å². The molecule has 2 N–H and O–H groups in total. The largest absolute Gasteiger partial charge is 0.480 e. The lowest BCUT2D eigenvalue weighted by Crippen LogP contribution is -2.44. The van der Waals surface area contributed by atoms with E-state index in [2.05, 4.69) is 5.32 Å². The molecule has 0 fully saturated rings. The number of carbonyl (C=O) groups excluding carboxylic acids is 1. The smallest absolute Gasteiger partial charge is 0.412 e. The van der Waals surface area contributed by atoms with Crippen molar-refractivity contribution >= 4 is 12.0 Å². The molecule has 114 valence electrons. The third-order valence-electron chi connectivity index (χ3n) is 2.61. The Labute approximate surface area is 113 Å². The van der Waals surface area contributed by atoms with E-state index in [9.17, 15) is 22.8 Å². The summed E-state index contributed by atoms with van der Waals surface area (Å²) in [6.07, 6.45) is -3.58. The van der Waals surface area contributed by atoms with E-state index >= 15 is 0 Å². The third kappa shape index (κ3) is 5.47. The van der Waals surface area contributed by atoms with Gasteiger partial charge in [-0.2, -0.15) is 13.2 Å². The molecule has 1 aliphatic rings. The first-order chi connectivity index (χ1) is 9.30. The Morgan fingerprint density at radius 1 is 1.45 bits per heavy atom. The van der Waals surface area contributed by atoms with Crippen molar-refractivity contribution in [3.05, 3.63) is 11.6 Å². The van der Waals surface area contributed by atoms with E-state index in [1.807, 2.05) is 0 Å². The quantitative estimate of drug-likeness (QED) is 0.586. The van der Waals surface area contributed by atoms with Crippen LogP contribution in [0.15, 0.2) is 11.6 Å². The highest BCUT2D eigenvalue weighted by molar-refractivity contribution is 5.74. The number of nitrogens with zero attached hydrogens (tertiary/aromatic N) is 1. The monoisotopic (exact) mass is 296 g/mol. The van der Waals surface area contributed by atoms with E-state index < -0.39 is 30.4 Å². The Bertz CT molecular complexity index is 396. The molecule has 0 spiro atoms. The summed E-state index contributed by atoms with van der Waals surface area (Å²) in [7, 11) is 0. The maximum Gasteiger partial charge on any atom is 0.412 e. The van der Waals surface area contributed by atoms with Crippen molar-refractivity contribution in [2.75, 3.05) is 32.8 Å². The van der Waals surface area contributed by atoms with Crippen LogP contribution in [-0.2, 0) is 9.53 Å². The van der Waals surface area contributed by atoms with E-state index in [0.717, 1.165) is 6.08 Å². The van der Waals surface area contributed by atoms with Crippen molar-refractivity contribution in [2.24, 2.45) is 0 Å². The van der Waals surface area contributed by atoms with Crippen LogP contribution in [0.2, 0.25) is 0 Å².